The van der Waals surface area contributed by atoms with E-state index in [1.54, 1.807) is 103 Å². The Bertz CT molecular complexity index is 1280. The zero-order valence-electron chi connectivity index (χ0n) is 37.9. The van der Waals surface area contributed by atoms with Gasteiger partial charge in [0.05, 0.1) is 0 Å². The summed E-state index contributed by atoms with van der Waals surface area (Å²) in [5.41, 5.74) is 1.16. The van der Waals surface area contributed by atoms with E-state index in [1.165, 1.54) is 89.9 Å². The van der Waals surface area contributed by atoms with E-state index in [0.29, 0.717) is 10.8 Å². The Morgan fingerprint density at radius 1 is 0.298 bits per heavy atom. The maximum absolute atomic E-state index is 3.37. The number of hydrogen-bond acceptors (Lipinski definition) is 3. The first-order valence-corrected chi connectivity index (χ1v) is 27.9. The van der Waals surface area contributed by atoms with Crippen LogP contribution in [0, 0.1) is 70.0 Å². The Morgan fingerprint density at radius 3 is 1.05 bits per heavy atom. The average Bonchev–Trinajstić information content (AvgIpc) is 3.80. The van der Waals surface area contributed by atoms with Crippen LogP contribution < -0.4 is 0 Å². The second-order valence-corrected chi connectivity index (χ2v) is 26.7. The van der Waals surface area contributed by atoms with E-state index in [9.17, 15) is 0 Å². The number of fused-ring (bicyclic) bond motifs is 9. The Hall–Kier alpha value is 0.270. The van der Waals surface area contributed by atoms with Crippen LogP contribution in [0.15, 0.2) is 0 Å². The fourth-order valence-corrected chi connectivity index (χ4v) is 22.4. The molecule has 0 spiro atoms. The van der Waals surface area contributed by atoms with Crippen molar-refractivity contribution in [3.63, 3.8) is 0 Å². The van der Waals surface area contributed by atoms with Gasteiger partial charge in [0.15, 0.2) is 0 Å². The number of nitrogens with zero attached hydrogens (tertiary/aromatic N) is 2. The number of rotatable bonds is 6. The smallest absolute Gasteiger partial charge is 0.0112 e. The van der Waals surface area contributed by atoms with Crippen molar-refractivity contribution >= 4 is 11.8 Å². The molecule has 0 bridgehead atoms. The average molecular weight is 799 g/mol. The zero-order valence-corrected chi connectivity index (χ0v) is 38.7. The molecule has 1 heterocycles. The highest BCUT2D eigenvalue weighted by molar-refractivity contribution is 8.00. The monoisotopic (exact) mass is 799 g/mol. The molecule has 11 rings (SSSR count). The Morgan fingerprint density at radius 2 is 0.632 bits per heavy atom. The molecule has 0 aromatic carbocycles. The lowest BCUT2D eigenvalue weighted by Crippen LogP contribution is -2.55. The van der Waals surface area contributed by atoms with Crippen molar-refractivity contribution < 1.29 is 0 Å². The minimum atomic E-state index is 0.578. The van der Waals surface area contributed by atoms with E-state index in [1.807, 2.05) is 0 Å². The summed E-state index contributed by atoms with van der Waals surface area (Å²) < 4.78 is 0. The summed E-state index contributed by atoms with van der Waals surface area (Å²) in [6.45, 7) is 11.0. The fraction of sp³-hybridized carbons (Fsp3) is 1.00. The molecule has 57 heavy (non-hydrogen) atoms. The lowest BCUT2D eigenvalue weighted by molar-refractivity contribution is -0.0236. The molecule has 1 aliphatic heterocycles. The summed E-state index contributed by atoms with van der Waals surface area (Å²) in [5.74, 6) is 10.4. The van der Waals surface area contributed by atoms with Crippen LogP contribution in [-0.2, 0) is 0 Å². The van der Waals surface area contributed by atoms with E-state index in [4.69, 9.17) is 0 Å². The quantitative estimate of drug-likeness (QED) is 0.264. The summed E-state index contributed by atoms with van der Waals surface area (Å²) in [4.78, 5) is 6.74. The van der Waals surface area contributed by atoms with Gasteiger partial charge in [0.25, 0.3) is 0 Å². The SMILES string of the molecule is CC1(C)C2CCCCC2C2CCC(N(C3CCCCC3)C3CCC4C(C3)SC3CC(N(C5CCCCC5)C5CCC6C7CCCCC7C(C)(C)C6C5)CCC34)CC21. The molecular weight excluding hydrogens is 709 g/mol. The summed E-state index contributed by atoms with van der Waals surface area (Å²) >= 11 is 2.61. The van der Waals surface area contributed by atoms with Gasteiger partial charge in [-0.05, 0) is 198 Å². The van der Waals surface area contributed by atoms with Gasteiger partial charge in [-0.15, -0.1) is 0 Å². The van der Waals surface area contributed by atoms with Gasteiger partial charge >= 0.3 is 0 Å². The topological polar surface area (TPSA) is 6.48 Å². The molecule has 322 valence electrons. The minimum Gasteiger partial charge on any atom is -0.294 e. The van der Waals surface area contributed by atoms with E-state index in [0.717, 1.165) is 106 Å². The van der Waals surface area contributed by atoms with Gasteiger partial charge in [0.1, 0.15) is 0 Å². The maximum Gasteiger partial charge on any atom is 0.0112 e. The second kappa shape index (κ2) is 16.1. The highest BCUT2D eigenvalue weighted by Gasteiger charge is 2.60. The van der Waals surface area contributed by atoms with E-state index in [-0.39, 0.29) is 0 Å². The summed E-state index contributed by atoms with van der Waals surface area (Å²) in [6.07, 6.45) is 46.1. The van der Waals surface area contributed by atoms with Crippen LogP contribution >= 0.6 is 11.8 Å². The molecule has 11 fully saturated rings. The normalized spacial score (nSPS) is 49.8. The molecular formula is C54H90N2S. The van der Waals surface area contributed by atoms with Crippen molar-refractivity contribution in [3.05, 3.63) is 0 Å². The van der Waals surface area contributed by atoms with Gasteiger partial charge in [-0.1, -0.05) is 91.9 Å². The second-order valence-electron chi connectivity index (χ2n) is 25.2. The molecule has 11 aliphatic rings. The van der Waals surface area contributed by atoms with Gasteiger partial charge in [-0.3, -0.25) is 9.80 Å². The highest BCUT2D eigenvalue weighted by atomic mass is 32.2. The number of hydrogen-bond donors (Lipinski definition) is 0. The molecule has 3 heteroatoms. The predicted molar refractivity (Wildman–Crippen MR) is 243 cm³/mol. The predicted octanol–water partition coefficient (Wildman–Crippen LogP) is 14.3. The van der Waals surface area contributed by atoms with Crippen LogP contribution in [0.2, 0.25) is 0 Å². The Labute approximate surface area is 357 Å². The zero-order chi connectivity index (χ0) is 38.5. The lowest BCUT2D eigenvalue weighted by Gasteiger charge is -2.52. The molecule has 10 aliphatic carbocycles. The summed E-state index contributed by atoms with van der Waals surface area (Å²) in [7, 11) is 0. The molecule has 2 nitrogen and oxygen atoms in total. The van der Waals surface area contributed by atoms with Gasteiger partial charge in [0.2, 0.25) is 0 Å². The van der Waals surface area contributed by atoms with Crippen molar-refractivity contribution in [3.8, 4) is 0 Å². The van der Waals surface area contributed by atoms with Gasteiger partial charge in [-0.2, -0.15) is 11.8 Å². The maximum atomic E-state index is 3.37. The van der Waals surface area contributed by atoms with Crippen molar-refractivity contribution in [2.75, 3.05) is 0 Å². The minimum absolute atomic E-state index is 0.578. The van der Waals surface area contributed by atoms with Crippen LogP contribution in [0.25, 0.3) is 0 Å². The van der Waals surface area contributed by atoms with Crippen molar-refractivity contribution in [2.24, 2.45) is 70.0 Å². The first kappa shape index (κ1) is 40.1. The molecule has 1 saturated heterocycles. The van der Waals surface area contributed by atoms with Gasteiger partial charge in [-0.25, -0.2) is 0 Å². The van der Waals surface area contributed by atoms with Crippen LogP contribution in [0.5, 0.6) is 0 Å². The van der Waals surface area contributed by atoms with Crippen LogP contribution in [-0.4, -0.2) is 56.6 Å². The number of thioether (sulfide) groups is 1. The molecule has 0 amide bonds. The third-order valence-electron chi connectivity index (χ3n) is 22.5. The molecule has 16 unspecified atom stereocenters. The van der Waals surface area contributed by atoms with E-state index in [2.05, 4.69) is 49.3 Å². The third kappa shape index (κ3) is 6.96. The first-order chi connectivity index (χ1) is 27.8. The standard InChI is InChI=1S/C54H90N2S/c1-53(2)47-21-13-11-19-41(47)43-27-23-37(31-49(43)53)55(35-15-7-5-8-16-35)39-25-29-45-46-30-26-40(34-52(46)57-51(45)33-39)56(36-17-9-6-10-18-36)38-24-28-44-42-20-12-14-22-48(42)54(3,4)50(44)32-38/h35-52H,5-34H2,1-4H3. The molecule has 10 saturated carbocycles. The molecule has 16 atom stereocenters. The third-order valence-corrected chi connectivity index (χ3v) is 24.3. The van der Waals surface area contributed by atoms with Crippen LogP contribution in [0.1, 0.15) is 220 Å². The molecule has 0 radical (unpaired) electrons. The van der Waals surface area contributed by atoms with E-state index >= 15 is 0 Å². The fourth-order valence-electron chi connectivity index (χ4n) is 20.2. The van der Waals surface area contributed by atoms with Crippen molar-refractivity contribution in [2.45, 2.75) is 267 Å². The molecule has 0 aromatic rings. The van der Waals surface area contributed by atoms with Gasteiger partial charge in [0, 0.05) is 46.8 Å². The molecule has 0 aromatic heterocycles. The van der Waals surface area contributed by atoms with Crippen molar-refractivity contribution in [1.29, 1.82) is 0 Å². The lowest BCUT2D eigenvalue weighted by atomic mass is 9.66. The summed E-state index contributed by atoms with van der Waals surface area (Å²) in [5, 5.41) is 1.93. The van der Waals surface area contributed by atoms with Gasteiger partial charge < -0.3 is 0 Å². The van der Waals surface area contributed by atoms with E-state index < -0.39 is 0 Å². The highest BCUT2D eigenvalue weighted by Crippen LogP contribution is 2.66. The van der Waals surface area contributed by atoms with Crippen LogP contribution in [0.4, 0.5) is 0 Å². The first-order valence-electron chi connectivity index (χ1n) is 27.0. The largest absolute Gasteiger partial charge is 0.294 e. The molecule has 0 N–H and O–H groups in total. The summed E-state index contributed by atoms with van der Waals surface area (Å²) in [6, 6.07) is 5.36. The Balaban J connectivity index is 0.791. The Kier molecular flexibility index (Phi) is 11.3. The van der Waals surface area contributed by atoms with Crippen LogP contribution in [0.3, 0.4) is 0 Å². The van der Waals surface area contributed by atoms with Crippen molar-refractivity contribution in [1.82, 2.24) is 9.80 Å².